The normalized spacial score (nSPS) is 10.2. The highest BCUT2D eigenvalue weighted by molar-refractivity contribution is 9.11. The highest BCUT2D eigenvalue weighted by Crippen LogP contribution is 2.28. The highest BCUT2D eigenvalue weighted by Gasteiger charge is 2.01. The van der Waals surface area contributed by atoms with Crippen LogP contribution >= 0.6 is 27.3 Å². The molecule has 90 valence electrons. The summed E-state index contributed by atoms with van der Waals surface area (Å²) in [6.45, 7) is 1.27. The van der Waals surface area contributed by atoms with Gasteiger partial charge in [0.05, 0.1) is 8.79 Å². The van der Waals surface area contributed by atoms with Crippen molar-refractivity contribution in [1.29, 1.82) is 0 Å². The van der Waals surface area contributed by atoms with Gasteiger partial charge in [0, 0.05) is 19.2 Å². The van der Waals surface area contributed by atoms with Gasteiger partial charge >= 0.3 is 0 Å². The third kappa shape index (κ3) is 3.65. The van der Waals surface area contributed by atoms with E-state index in [9.17, 15) is 0 Å². The monoisotopic (exact) mass is 313 g/mol. The number of anilines is 3. The summed E-state index contributed by atoms with van der Waals surface area (Å²) in [5, 5.41) is 7.34. The first-order chi connectivity index (χ1) is 8.28. The average molecular weight is 314 g/mol. The van der Waals surface area contributed by atoms with Crippen LogP contribution in [0.3, 0.4) is 0 Å². The number of halogens is 1. The molecule has 0 aliphatic carbocycles. The van der Waals surface area contributed by atoms with Gasteiger partial charge in [0.1, 0.15) is 18.0 Å². The molecule has 0 saturated heterocycles. The zero-order valence-electron chi connectivity index (χ0n) is 8.98. The predicted octanol–water partition coefficient (Wildman–Crippen LogP) is 2.41. The molecule has 0 spiro atoms. The van der Waals surface area contributed by atoms with Crippen molar-refractivity contribution in [2.75, 3.05) is 23.7 Å². The second-order valence-corrected chi connectivity index (χ2v) is 5.70. The fourth-order valence-electron chi connectivity index (χ4n) is 1.23. The second-order valence-electron chi connectivity index (χ2n) is 3.23. The predicted molar refractivity (Wildman–Crippen MR) is 74.9 cm³/mol. The lowest BCUT2D eigenvalue weighted by atomic mass is 10.5. The van der Waals surface area contributed by atoms with Crippen molar-refractivity contribution in [2.24, 2.45) is 5.73 Å². The summed E-state index contributed by atoms with van der Waals surface area (Å²) in [7, 11) is 0. The summed E-state index contributed by atoms with van der Waals surface area (Å²) in [4.78, 5) is 8.25. The Balaban J connectivity index is 2.05. The Labute approximate surface area is 112 Å². The van der Waals surface area contributed by atoms with Crippen LogP contribution in [0.1, 0.15) is 0 Å². The Morgan fingerprint density at radius 1 is 1.29 bits per heavy atom. The summed E-state index contributed by atoms with van der Waals surface area (Å²) in [6.07, 6.45) is 1.52. The lowest BCUT2D eigenvalue weighted by Crippen LogP contribution is -2.14. The molecular formula is C10H12BrN5S. The van der Waals surface area contributed by atoms with E-state index in [-0.39, 0.29) is 0 Å². The Kier molecular flexibility index (Phi) is 4.29. The molecular weight excluding hydrogens is 302 g/mol. The van der Waals surface area contributed by atoms with E-state index < -0.39 is 0 Å². The van der Waals surface area contributed by atoms with Crippen LogP contribution in [0.25, 0.3) is 0 Å². The van der Waals surface area contributed by atoms with Crippen molar-refractivity contribution in [3.05, 3.63) is 28.3 Å². The standard InChI is InChI=1S/C10H12BrN5S/c11-7-1-2-10(17-7)16-9-5-8(13-4-3-12)14-6-15-9/h1-2,5-6H,3-4,12H2,(H2,13,14,15,16). The minimum atomic E-state index is 0.574. The molecule has 0 bridgehead atoms. The van der Waals surface area contributed by atoms with Gasteiger partial charge in [0.25, 0.3) is 0 Å². The molecule has 0 atom stereocenters. The van der Waals surface area contributed by atoms with Gasteiger partial charge in [-0.2, -0.15) is 0 Å². The molecule has 0 aromatic carbocycles. The molecule has 17 heavy (non-hydrogen) atoms. The molecule has 5 nitrogen and oxygen atoms in total. The third-order valence-electron chi connectivity index (χ3n) is 1.94. The maximum absolute atomic E-state index is 5.42. The van der Waals surface area contributed by atoms with Crippen molar-refractivity contribution < 1.29 is 0 Å². The summed E-state index contributed by atoms with van der Waals surface area (Å²) < 4.78 is 1.08. The van der Waals surface area contributed by atoms with Crippen LogP contribution in [0.5, 0.6) is 0 Å². The number of aromatic nitrogens is 2. The van der Waals surface area contributed by atoms with Crippen LogP contribution in [0.15, 0.2) is 28.3 Å². The molecule has 0 saturated carbocycles. The molecule has 0 unspecified atom stereocenters. The van der Waals surface area contributed by atoms with Crippen LogP contribution in [0, 0.1) is 0 Å². The van der Waals surface area contributed by atoms with Gasteiger partial charge in [0.2, 0.25) is 0 Å². The van der Waals surface area contributed by atoms with E-state index in [1.165, 1.54) is 6.33 Å². The van der Waals surface area contributed by atoms with E-state index >= 15 is 0 Å². The lowest BCUT2D eigenvalue weighted by Gasteiger charge is -2.06. The van der Waals surface area contributed by atoms with Gasteiger partial charge in [-0.25, -0.2) is 9.97 Å². The fraction of sp³-hybridized carbons (Fsp3) is 0.200. The van der Waals surface area contributed by atoms with Crippen molar-refractivity contribution in [3.63, 3.8) is 0 Å². The Hall–Kier alpha value is -1.18. The van der Waals surface area contributed by atoms with Gasteiger partial charge in [0.15, 0.2) is 0 Å². The minimum Gasteiger partial charge on any atom is -0.369 e. The Bertz CT molecular complexity index is 487. The number of thiophene rings is 1. The van der Waals surface area contributed by atoms with Crippen molar-refractivity contribution in [3.8, 4) is 0 Å². The summed E-state index contributed by atoms with van der Waals surface area (Å²) >= 11 is 5.02. The molecule has 7 heteroatoms. The number of rotatable bonds is 5. The largest absolute Gasteiger partial charge is 0.369 e. The molecule has 2 aromatic heterocycles. The topological polar surface area (TPSA) is 75.9 Å². The van der Waals surface area contributed by atoms with E-state index in [0.717, 1.165) is 20.4 Å². The van der Waals surface area contributed by atoms with Gasteiger partial charge < -0.3 is 16.4 Å². The third-order valence-corrected chi connectivity index (χ3v) is 3.48. The maximum atomic E-state index is 5.42. The Morgan fingerprint density at radius 2 is 2.12 bits per heavy atom. The average Bonchev–Trinajstić information content (AvgIpc) is 2.73. The van der Waals surface area contributed by atoms with Crippen molar-refractivity contribution in [2.45, 2.75) is 0 Å². The van der Waals surface area contributed by atoms with E-state index in [4.69, 9.17) is 5.73 Å². The maximum Gasteiger partial charge on any atom is 0.136 e. The quantitative estimate of drug-likeness (QED) is 0.790. The molecule has 0 radical (unpaired) electrons. The zero-order valence-corrected chi connectivity index (χ0v) is 11.4. The van der Waals surface area contributed by atoms with E-state index in [1.807, 2.05) is 18.2 Å². The molecule has 0 aliphatic heterocycles. The van der Waals surface area contributed by atoms with E-state index in [0.29, 0.717) is 13.1 Å². The zero-order chi connectivity index (χ0) is 12.1. The van der Waals surface area contributed by atoms with Crippen molar-refractivity contribution >= 4 is 43.9 Å². The number of hydrogen-bond acceptors (Lipinski definition) is 6. The van der Waals surface area contributed by atoms with Crippen LogP contribution in [0.2, 0.25) is 0 Å². The summed E-state index contributed by atoms with van der Waals surface area (Å²) in [6, 6.07) is 5.83. The fourth-order valence-corrected chi connectivity index (χ4v) is 2.52. The highest BCUT2D eigenvalue weighted by atomic mass is 79.9. The molecule has 0 amide bonds. The smallest absolute Gasteiger partial charge is 0.136 e. The van der Waals surface area contributed by atoms with E-state index in [2.05, 4.69) is 36.5 Å². The van der Waals surface area contributed by atoms with Gasteiger partial charge in [-0.3, -0.25) is 0 Å². The van der Waals surface area contributed by atoms with Crippen LogP contribution in [0.4, 0.5) is 16.6 Å². The van der Waals surface area contributed by atoms with E-state index in [1.54, 1.807) is 11.3 Å². The molecule has 4 N–H and O–H groups in total. The van der Waals surface area contributed by atoms with Gasteiger partial charge in [-0.15, -0.1) is 11.3 Å². The number of nitrogens with zero attached hydrogens (tertiary/aromatic N) is 2. The first-order valence-corrected chi connectivity index (χ1v) is 6.67. The first kappa shape index (κ1) is 12.3. The lowest BCUT2D eigenvalue weighted by molar-refractivity contribution is 1.00. The first-order valence-electron chi connectivity index (χ1n) is 5.06. The van der Waals surface area contributed by atoms with Gasteiger partial charge in [-0.1, -0.05) is 0 Å². The number of nitrogens with one attached hydrogen (secondary N) is 2. The summed E-state index contributed by atoms with van der Waals surface area (Å²) in [5.74, 6) is 1.53. The molecule has 2 aromatic rings. The molecule has 0 fully saturated rings. The molecule has 2 heterocycles. The van der Waals surface area contributed by atoms with Gasteiger partial charge in [-0.05, 0) is 28.1 Å². The molecule has 2 rings (SSSR count). The SMILES string of the molecule is NCCNc1cc(Nc2ccc(Br)s2)ncn1. The number of hydrogen-bond donors (Lipinski definition) is 3. The Morgan fingerprint density at radius 3 is 2.82 bits per heavy atom. The minimum absolute atomic E-state index is 0.574. The summed E-state index contributed by atoms with van der Waals surface area (Å²) in [5.41, 5.74) is 5.42. The van der Waals surface area contributed by atoms with Crippen LogP contribution in [-0.4, -0.2) is 23.1 Å². The van der Waals surface area contributed by atoms with Crippen molar-refractivity contribution in [1.82, 2.24) is 9.97 Å². The number of nitrogens with two attached hydrogens (primary N) is 1. The second kappa shape index (κ2) is 5.95. The molecule has 0 aliphatic rings. The van der Waals surface area contributed by atoms with Crippen LogP contribution in [-0.2, 0) is 0 Å². The van der Waals surface area contributed by atoms with Crippen LogP contribution < -0.4 is 16.4 Å².